The van der Waals surface area contributed by atoms with Gasteiger partial charge in [0.05, 0.1) is 31.1 Å². The van der Waals surface area contributed by atoms with Crippen LogP contribution >= 0.6 is 27.7 Å². The summed E-state index contributed by atoms with van der Waals surface area (Å²) < 4.78 is 11.7. The van der Waals surface area contributed by atoms with Gasteiger partial charge in [-0.1, -0.05) is 34.1 Å². The van der Waals surface area contributed by atoms with E-state index in [-0.39, 0.29) is 30.3 Å². The number of nitrogens with one attached hydrogen (secondary N) is 2. The molecule has 4 N–H and O–H groups in total. The quantitative estimate of drug-likeness (QED) is 0.338. The number of urea groups is 1. The molecule has 2 aromatic rings. The number of hydrogen-bond donors (Lipinski definition) is 3. The van der Waals surface area contributed by atoms with Crippen LogP contribution in [0.2, 0.25) is 0 Å². The largest absolute Gasteiger partial charge is 0.493 e. The van der Waals surface area contributed by atoms with Gasteiger partial charge >= 0.3 is 6.03 Å². The Morgan fingerprint density at radius 2 is 1.89 bits per heavy atom. The van der Waals surface area contributed by atoms with Crippen LogP contribution in [0, 0.1) is 0 Å². The molecule has 10 nitrogen and oxygen atoms in total. The molecule has 5 amide bonds. The van der Waals surface area contributed by atoms with Crippen LogP contribution in [0.1, 0.15) is 30.5 Å². The van der Waals surface area contributed by atoms with E-state index in [9.17, 15) is 19.2 Å². The van der Waals surface area contributed by atoms with Crippen LogP contribution < -0.4 is 25.8 Å². The molecule has 1 fully saturated rings. The van der Waals surface area contributed by atoms with Gasteiger partial charge in [-0.05, 0) is 60.2 Å². The summed E-state index contributed by atoms with van der Waals surface area (Å²) in [6, 6.07) is 11.0. The highest BCUT2D eigenvalue weighted by Gasteiger charge is 2.34. The monoisotopic (exact) mass is 590 g/mol. The molecule has 1 aliphatic heterocycles. The molecule has 3 rings (SSSR count). The second-order valence-corrected chi connectivity index (χ2v) is 9.75. The number of hydrogen-bond acceptors (Lipinski definition) is 7. The van der Waals surface area contributed by atoms with E-state index in [1.807, 2.05) is 6.92 Å². The zero-order valence-corrected chi connectivity index (χ0v) is 22.7. The van der Waals surface area contributed by atoms with Gasteiger partial charge < -0.3 is 25.8 Å². The Kier molecular flexibility index (Phi) is 9.98. The average Bonchev–Trinajstić information content (AvgIpc) is 3.12. The summed E-state index contributed by atoms with van der Waals surface area (Å²) in [5.41, 5.74) is 6.65. The average molecular weight is 591 g/mol. The minimum atomic E-state index is -0.754. The van der Waals surface area contributed by atoms with Crippen LogP contribution in [0.3, 0.4) is 0 Å². The van der Waals surface area contributed by atoms with Gasteiger partial charge in [0.2, 0.25) is 5.91 Å². The van der Waals surface area contributed by atoms with Crippen molar-refractivity contribution in [2.24, 2.45) is 5.73 Å². The zero-order chi connectivity index (χ0) is 26.9. The molecule has 37 heavy (non-hydrogen) atoms. The van der Waals surface area contributed by atoms with E-state index in [0.29, 0.717) is 29.2 Å². The SMILES string of the molecule is CCOc1ccc(/C=C2\SC(=O)N(CCNC(=O)CC(NC(N)=O)c3ccc(Br)cc3)C2=O)cc1OC. The maximum atomic E-state index is 12.8. The second-order valence-electron chi connectivity index (χ2n) is 7.84. The summed E-state index contributed by atoms with van der Waals surface area (Å²) in [6.45, 7) is 2.42. The fraction of sp³-hybridized carbons (Fsp3) is 0.280. The van der Waals surface area contributed by atoms with Crippen molar-refractivity contribution in [2.45, 2.75) is 19.4 Å². The van der Waals surface area contributed by atoms with Crippen molar-refractivity contribution in [3.63, 3.8) is 0 Å². The number of carbonyl (C=O) groups excluding carboxylic acids is 4. The maximum Gasteiger partial charge on any atom is 0.312 e. The van der Waals surface area contributed by atoms with E-state index in [2.05, 4.69) is 26.6 Å². The molecule has 1 atom stereocenters. The highest BCUT2D eigenvalue weighted by atomic mass is 79.9. The Morgan fingerprint density at radius 3 is 2.54 bits per heavy atom. The Balaban J connectivity index is 1.58. The summed E-state index contributed by atoms with van der Waals surface area (Å²) in [4.78, 5) is 50.5. The first-order valence-electron chi connectivity index (χ1n) is 11.4. The number of nitrogens with two attached hydrogens (primary N) is 1. The fourth-order valence-electron chi connectivity index (χ4n) is 3.58. The molecule has 1 heterocycles. The summed E-state index contributed by atoms with van der Waals surface area (Å²) >= 11 is 4.17. The molecule has 0 aromatic heterocycles. The van der Waals surface area contributed by atoms with Crippen LogP contribution in [0.25, 0.3) is 6.08 Å². The molecule has 1 saturated heterocycles. The number of carbonyl (C=O) groups is 4. The van der Waals surface area contributed by atoms with Gasteiger partial charge in [0.25, 0.3) is 11.1 Å². The van der Waals surface area contributed by atoms with Gasteiger partial charge in [-0.2, -0.15) is 0 Å². The summed E-state index contributed by atoms with van der Waals surface area (Å²) in [5.74, 6) is 0.287. The topological polar surface area (TPSA) is 140 Å². The minimum Gasteiger partial charge on any atom is -0.493 e. The predicted molar refractivity (Wildman–Crippen MR) is 144 cm³/mol. The number of imide groups is 1. The Hall–Kier alpha value is -3.51. The van der Waals surface area contributed by atoms with Gasteiger partial charge in [0, 0.05) is 17.6 Å². The van der Waals surface area contributed by atoms with Gasteiger partial charge in [-0.15, -0.1) is 0 Å². The van der Waals surface area contributed by atoms with Crippen molar-refractivity contribution < 1.29 is 28.7 Å². The number of primary amides is 1. The Bertz CT molecular complexity index is 1200. The smallest absolute Gasteiger partial charge is 0.312 e. The van der Waals surface area contributed by atoms with Crippen molar-refractivity contribution in [3.8, 4) is 11.5 Å². The van der Waals surface area contributed by atoms with E-state index in [1.54, 1.807) is 48.5 Å². The third kappa shape index (κ3) is 7.73. The molecule has 196 valence electrons. The van der Waals surface area contributed by atoms with E-state index in [1.165, 1.54) is 7.11 Å². The van der Waals surface area contributed by atoms with Gasteiger partial charge in [-0.3, -0.25) is 19.3 Å². The minimum absolute atomic E-state index is 0.00649. The molecule has 1 aliphatic rings. The van der Waals surface area contributed by atoms with Crippen molar-refractivity contribution in [1.82, 2.24) is 15.5 Å². The lowest BCUT2D eigenvalue weighted by Crippen LogP contribution is -2.40. The molecule has 1 unspecified atom stereocenters. The lowest BCUT2D eigenvalue weighted by atomic mass is 10.0. The number of rotatable bonds is 11. The Labute approximate surface area is 227 Å². The molecule has 0 aliphatic carbocycles. The zero-order valence-electron chi connectivity index (χ0n) is 20.3. The number of thioether (sulfide) groups is 1. The van der Waals surface area contributed by atoms with Gasteiger partial charge in [0.1, 0.15) is 0 Å². The third-order valence-electron chi connectivity index (χ3n) is 5.29. The number of methoxy groups -OCH3 is 1. The van der Waals surface area contributed by atoms with Crippen LogP contribution in [0.15, 0.2) is 51.8 Å². The normalized spacial score (nSPS) is 15.0. The number of benzene rings is 2. The van der Waals surface area contributed by atoms with E-state index < -0.39 is 23.2 Å². The number of halogens is 1. The molecule has 0 saturated carbocycles. The van der Waals surface area contributed by atoms with E-state index in [0.717, 1.165) is 21.1 Å². The van der Waals surface area contributed by atoms with Gasteiger partial charge in [-0.25, -0.2) is 4.79 Å². The lowest BCUT2D eigenvalue weighted by Gasteiger charge is -2.18. The lowest BCUT2D eigenvalue weighted by molar-refractivity contribution is -0.124. The second kappa shape index (κ2) is 13.2. The highest BCUT2D eigenvalue weighted by Crippen LogP contribution is 2.34. The van der Waals surface area contributed by atoms with Crippen LogP contribution in [0.5, 0.6) is 11.5 Å². The number of nitrogens with zero attached hydrogens (tertiary/aromatic N) is 1. The first-order chi connectivity index (χ1) is 17.7. The van der Waals surface area contributed by atoms with Crippen LogP contribution in [-0.2, 0) is 9.59 Å². The summed E-state index contributed by atoms with van der Waals surface area (Å²) in [7, 11) is 1.52. The van der Waals surface area contributed by atoms with Gasteiger partial charge in [0.15, 0.2) is 11.5 Å². The molecule has 0 radical (unpaired) electrons. The Morgan fingerprint density at radius 1 is 1.16 bits per heavy atom. The van der Waals surface area contributed by atoms with Crippen LogP contribution in [0.4, 0.5) is 9.59 Å². The fourth-order valence-corrected chi connectivity index (χ4v) is 4.71. The number of amides is 5. The molecule has 0 spiro atoms. The maximum absolute atomic E-state index is 12.8. The van der Waals surface area contributed by atoms with Crippen molar-refractivity contribution in [2.75, 3.05) is 26.8 Å². The van der Waals surface area contributed by atoms with Crippen molar-refractivity contribution in [3.05, 3.63) is 63.0 Å². The van der Waals surface area contributed by atoms with Crippen molar-refractivity contribution in [1.29, 1.82) is 0 Å². The first kappa shape index (κ1) is 28.1. The van der Waals surface area contributed by atoms with E-state index in [4.69, 9.17) is 15.2 Å². The molecule has 12 heteroatoms. The first-order valence-corrected chi connectivity index (χ1v) is 13.0. The van der Waals surface area contributed by atoms with E-state index >= 15 is 0 Å². The third-order valence-corrected chi connectivity index (χ3v) is 6.73. The molecular weight excluding hydrogens is 564 g/mol. The molecule has 2 aromatic carbocycles. The standard InChI is InChI=1S/C25H27BrN4O6S/c1-3-36-19-9-4-15(12-20(19)35-2)13-21-23(32)30(25(34)37-21)11-10-28-22(31)14-18(29-24(27)33)16-5-7-17(26)8-6-16/h4-9,12-13,18H,3,10-11,14H2,1-2H3,(H,28,31)(H3,27,29,33)/b21-13-. The predicted octanol–water partition coefficient (Wildman–Crippen LogP) is 3.81. The molecular formula is C25H27BrN4O6S. The number of ether oxygens (including phenoxy) is 2. The highest BCUT2D eigenvalue weighted by molar-refractivity contribution is 9.10. The molecule has 0 bridgehead atoms. The van der Waals surface area contributed by atoms with Crippen molar-refractivity contribution >= 4 is 56.9 Å². The summed E-state index contributed by atoms with van der Waals surface area (Å²) in [5, 5.41) is 4.82. The summed E-state index contributed by atoms with van der Waals surface area (Å²) in [6.07, 6.45) is 1.55. The van der Waals surface area contributed by atoms with Crippen LogP contribution in [-0.4, -0.2) is 54.8 Å².